The van der Waals surface area contributed by atoms with Crippen LogP contribution in [0, 0.1) is 6.92 Å². The molecule has 6 heteroatoms. The molecule has 1 N–H and O–H groups in total. The molecule has 0 aliphatic rings. The molecule has 0 atom stereocenters. The molecular formula is C10H9ClN4S. The average molecular weight is 253 g/mol. The van der Waals surface area contributed by atoms with Gasteiger partial charge in [0.05, 0.1) is 10.7 Å². The third-order valence-electron chi connectivity index (χ3n) is 1.86. The van der Waals surface area contributed by atoms with Crippen LogP contribution in [0.4, 0.5) is 5.82 Å². The van der Waals surface area contributed by atoms with Gasteiger partial charge in [0.2, 0.25) is 0 Å². The SMILES string of the molecule is Cc1ncc(SNc2ccncn2)cc1Cl. The van der Waals surface area contributed by atoms with E-state index in [4.69, 9.17) is 11.6 Å². The van der Waals surface area contributed by atoms with Crippen molar-refractivity contribution in [3.05, 3.63) is 41.6 Å². The first kappa shape index (κ1) is 11.2. The fourth-order valence-electron chi connectivity index (χ4n) is 1.01. The number of rotatable bonds is 3. The normalized spacial score (nSPS) is 10.1. The molecule has 0 unspecified atom stereocenters. The summed E-state index contributed by atoms with van der Waals surface area (Å²) in [5.41, 5.74) is 0.827. The summed E-state index contributed by atoms with van der Waals surface area (Å²) in [6.07, 6.45) is 4.93. The van der Waals surface area contributed by atoms with E-state index in [1.807, 2.05) is 13.0 Å². The van der Waals surface area contributed by atoms with Crippen LogP contribution in [-0.2, 0) is 0 Å². The third kappa shape index (κ3) is 2.84. The first-order valence-electron chi connectivity index (χ1n) is 4.57. The highest BCUT2D eigenvalue weighted by molar-refractivity contribution is 8.00. The number of aromatic nitrogens is 3. The molecule has 16 heavy (non-hydrogen) atoms. The Morgan fingerprint density at radius 3 is 2.94 bits per heavy atom. The molecule has 0 saturated carbocycles. The Balaban J connectivity index is 2.03. The van der Waals surface area contributed by atoms with Crippen LogP contribution >= 0.6 is 23.5 Å². The van der Waals surface area contributed by atoms with Gasteiger partial charge in [0.15, 0.2) is 0 Å². The number of anilines is 1. The van der Waals surface area contributed by atoms with Gasteiger partial charge in [-0.05, 0) is 31.0 Å². The van der Waals surface area contributed by atoms with Crippen molar-refractivity contribution in [3.8, 4) is 0 Å². The minimum Gasteiger partial charge on any atom is -0.310 e. The van der Waals surface area contributed by atoms with Gasteiger partial charge in [-0.2, -0.15) is 0 Å². The summed E-state index contributed by atoms with van der Waals surface area (Å²) in [5.74, 6) is 0.747. The van der Waals surface area contributed by atoms with E-state index in [0.29, 0.717) is 5.02 Å². The van der Waals surface area contributed by atoms with Gasteiger partial charge in [-0.25, -0.2) is 9.97 Å². The van der Waals surface area contributed by atoms with Crippen LogP contribution in [0.1, 0.15) is 5.69 Å². The van der Waals surface area contributed by atoms with Crippen molar-refractivity contribution in [3.63, 3.8) is 0 Å². The Labute approximate surface area is 103 Å². The van der Waals surface area contributed by atoms with Gasteiger partial charge >= 0.3 is 0 Å². The predicted molar refractivity (Wildman–Crippen MR) is 65.5 cm³/mol. The Kier molecular flexibility index (Phi) is 3.58. The second-order valence-electron chi connectivity index (χ2n) is 3.04. The molecule has 0 saturated heterocycles. The number of aryl methyl sites for hydroxylation is 1. The lowest BCUT2D eigenvalue weighted by atomic mass is 10.4. The quantitative estimate of drug-likeness (QED) is 0.852. The highest BCUT2D eigenvalue weighted by Gasteiger charge is 2.00. The smallest absolute Gasteiger partial charge is 0.139 e. The molecule has 0 fully saturated rings. The van der Waals surface area contributed by atoms with Gasteiger partial charge in [-0.1, -0.05) is 11.6 Å². The molecule has 0 aromatic carbocycles. The van der Waals surface area contributed by atoms with E-state index in [9.17, 15) is 0 Å². The third-order valence-corrected chi connectivity index (χ3v) is 3.01. The lowest BCUT2D eigenvalue weighted by Crippen LogP contribution is -1.91. The van der Waals surface area contributed by atoms with Crippen LogP contribution in [0.15, 0.2) is 35.7 Å². The van der Waals surface area contributed by atoms with Gasteiger partial charge in [0.1, 0.15) is 12.1 Å². The summed E-state index contributed by atoms with van der Waals surface area (Å²) in [7, 11) is 0. The highest BCUT2D eigenvalue weighted by Crippen LogP contribution is 2.23. The van der Waals surface area contributed by atoms with Gasteiger partial charge in [0.25, 0.3) is 0 Å². The molecule has 82 valence electrons. The molecule has 0 amide bonds. The molecule has 2 aromatic rings. The number of hydrogen-bond donors (Lipinski definition) is 1. The number of halogens is 1. The molecule has 4 nitrogen and oxygen atoms in total. The maximum Gasteiger partial charge on any atom is 0.139 e. The summed E-state index contributed by atoms with van der Waals surface area (Å²) >= 11 is 7.38. The Bertz CT molecular complexity index is 478. The summed E-state index contributed by atoms with van der Waals surface area (Å²) < 4.78 is 3.07. The summed E-state index contributed by atoms with van der Waals surface area (Å²) in [5, 5.41) is 0.662. The van der Waals surface area contributed by atoms with Gasteiger partial charge in [-0.15, -0.1) is 0 Å². The Hall–Kier alpha value is -1.33. The zero-order valence-corrected chi connectivity index (χ0v) is 10.1. The van der Waals surface area contributed by atoms with Crippen molar-refractivity contribution in [2.24, 2.45) is 0 Å². The maximum atomic E-state index is 5.97. The van der Waals surface area contributed by atoms with Crippen LogP contribution in [-0.4, -0.2) is 15.0 Å². The topological polar surface area (TPSA) is 50.7 Å². The average Bonchev–Trinajstić information content (AvgIpc) is 2.32. The molecule has 2 rings (SSSR count). The van der Waals surface area contributed by atoms with E-state index in [1.165, 1.54) is 18.3 Å². The standard InChI is InChI=1S/C10H9ClN4S/c1-7-9(11)4-8(5-13-7)16-15-10-2-3-12-6-14-10/h2-6H,1H3,(H,12,14,15). The van der Waals surface area contributed by atoms with Crippen LogP contribution in [0.5, 0.6) is 0 Å². The van der Waals surface area contributed by atoms with Crippen LogP contribution in [0.2, 0.25) is 5.02 Å². The number of nitrogens with zero attached hydrogens (tertiary/aromatic N) is 3. The van der Waals surface area contributed by atoms with Crippen molar-refractivity contribution in [2.75, 3.05) is 4.72 Å². The minimum absolute atomic E-state index is 0.662. The zero-order valence-electron chi connectivity index (χ0n) is 8.51. The largest absolute Gasteiger partial charge is 0.310 e. The van der Waals surface area contributed by atoms with Crippen molar-refractivity contribution >= 4 is 29.4 Å². The second-order valence-corrected chi connectivity index (χ2v) is 4.32. The molecule has 0 aliphatic carbocycles. The van der Waals surface area contributed by atoms with E-state index in [2.05, 4.69) is 19.7 Å². The molecule has 0 aliphatic heterocycles. The lowest BCUT2D eigenvalue weighted by molar-refractivity contribution is 1.15. The van der Waals surface area contributed by atoms with Crippen LogP contribution in [0.25, 0.3) is 0 Å². The molecule has 2 aromatic heterocycles. The van der Waals surface area contributed by atoms with E-state index >= 15 is 0 Å². The van der Waals surface area contributed by atoms with Crippen molar-refractivity contribution in [1.82, 2.24) is 15.0 Å². The van der Waals surface area contributed by atoms with Crippen LogP contribution in [0.3, 0.4) is 0 Å². The monoisotopic (exact) mass is 252 g/mol. The minimum atomic E-state index is 0.662. The fourth-order valence-corrected chi connectivity index (χ4v) is 1.86. The molecule has 2 heterocycles. The summed E-state index contributed by atoms with van der Waals surface area (Å²) in [6, 6.07) is 3.65. The molecule has 0 bridgehead atoms. The molecule has 0 radical (unpaired) electrons. The van der Waals surface area contributed by atoms with Crippen LogP contribution < -0.4 is 4.72 Å². The van der Waals surface area contributed by atoms with Gasteiger partial charge in [0, 0.05) is 17.3 Å². The first-order valence-corrected chi connectivity index (χ1v) is 5.76. The van der Waals surface area contributed by atoms with Gasteiger partial charge in [-0.3, -0.25) is 4.98 Å². The second kappa shape index (κ2) is 5.14. The highest BCUT2D eigenvalue weighted by atomic mass is 35.5. The van der Waals surface area contributed by atoms with E-state index in [0.717, 1.165) is 16.4 Å². The number of hydrogen-bond acceptors (Lipinski definition) is 5. The molecular weight excluding hydrogens is 244 g/mol. The summed E-state index contributed by atoms with van der Waals surface area (Å²) in [6.45, 7) is 1.87. The maximum absolute atomic E-state index is 5.97. The zero-order chi connectivity index (χ0) is 11.4. The summed E-state index contributed by atoms with van der Waals surface area (Å²) in [4.78, 5) is 13.0. The van der Waals surface area contributed by atoms with E-state index in [-0.39, 0.29) is 0 Å². The Morgan fingerprint density at radius 2 is 2.25 bits per heavy atom. The fraction of sp³-hybridized carbons (Fsp3) is 0.100. The van der Waals surface area contributed by atoms with Crippen molar-refractivity contribution in [1.29, 1.82) is 0 Å². The predicted octanol–water partition coefficient (Wildman–Crippen LogP) is 2.95. The van der Waals surface area contributed by atoms with Crippen molar-refractivity contribution in [2.45, 2.75) is 11.8 Å². The lowest BCUT2D eigenvalue weighted by Gasteiger charge is -2.04. The Morgan fingerprint density at radius 1 is 1.38 bits per heavy atom. The van der Waals surface area contributed by atoms with E-state index < -0.39 is 0 Å². The van der Waals surface area contributed by atoms with Crippen molar-refractivity contribution < 1.29 is 0 Å². The first-order chi connectivity index (χ1) is 7.75. The molecule has 0 spiro atoms. The van der Waals surface area contributed by atoms with E-state index in [1.54, 1.807) is 18.5 Å². The number of pyridine rings is 1. The number of nitrogens with one attached hydrogen (secondary N) is 1. The van der Waals surface area contributed by atoms with Gasteiger partial charge < -0.3 is 4.72 Å².